The third-order valence-electron chi connectivity index (χ3n) is 0. The summed E-state index contributed by atoms with van der Waals surface area (Å²) in [4.78, 5) is 0. The molecular weight excluding hydrogens is 245 g/mol. The molecular formula is C8H19O3Ru. The maximum atomic E-state index is 8.93. The van der Waals surface area contributed by atoms with E-state index in [1.165, 1.54) is 0 Å². The van der Waals surface area contributed by atoms with Crippen LogP contribution in [0.1, 0.15) is 20.8 Å². The van der Waals surface area contributed by atoms with Crippen LogP contribution in [0.25, 0.3) is 0 Å². The van der Waals surface area contributed by atoms with E-state index in [2.05, 4.69) is 13.2 Å². The van der Waals surface area contributed by atoms with Crippen LogP contribution in [0.15, 0.2) is 13.2 Å². The van der Waals surface area contributed by atoms with Gasteiger partial charge in [-0.3, -0.25) is 0 Å². The Morgan fingerprint density at radius 2 is 0.750 bits per heavy atom. The van der Waals surface area contributed by atoms with Gasteiger partial charge in [0.1, 0.15) is 0 Å². The molecule has 0 aliphatic rings. The van der Waals surface area contributed by atoms with Crippen LogP contribution in [0, 0.1) is 0 Å². The van der Waals surface area contributed by atoms with Crippen molar-refractivity contribution < 1.29 is 34.8 Å². The summed E-state index contributed by atoms with van der Waals surface area (Å²) in [7, 11) is 0. The van der Waals surface area contributed by atoms with Crippen LogP contribution in [-0.4, -0.2) is 19.8 Å². The fourth-order valence-electron chi connectivity index (χ4n) is 0. The zero-order chi connectivity index (χ0) is 10.1. The Hall–Kier alpha value is 0.243. The monoisotopic (exact) mass is 265 g/mol. The zero-order valence-corrected chi connectivity index (χ0v) is 9.85. The molecule has 0 amide bonds. The predicted molar refractivity (Wildman–Crippen MR) is 42.9 cm³/mol. The van der Waals surface area contributed by atoms with Crippen LogP contribution in [0.5, 0.6) is 0 Å². The van der Waals surface area contributed by atoms with E-state index < -0.39 is 0 Å². The quantitative estimate of drug-likeness (QED) is 0.412. The Labute approximate surface area is 88.9 Å². The maximum Gasteiger partial charge on any atom is 3.00 e. The van der Waals surface area contributed by atoms with E-state index in [-0.39, 0.29) is 39.3 Å². The molecule has 0 atom stereocenters. The summed E-state index contributed by atoms with van der Waals surface area (Å²) in [6.45, 7) is 10.7. The molecule has 12 heavy (non-hydrogen) atoms. The van der Waals surface area contributed by atoms with E-state index in [0.29, 0.717) is 0 Å². The Bertz CT molecular complexity index is 25.5. The minimum Gasteiger partial charge on any atom is -0.855 e. The molecule has 0 saturated carbocycles. The van der Waals surface area contributed by atoms with E-state index in [1.54, 1.807) is 20.8 Å². The van der Waals surface area contributed by atoms with Crippen LogP contribution in [0.4, 0.5) is 0 Å². The molecule has 1 radical (unpaired) electrons. The van der Waals surface area contributed by atoms with Crippen molar-refractivity contribution in [3.8, 4) is 0 Å². The molecule has 0 N–H and O–H groups in total. The van der Waals surface area contributed by atoms with Crippen molar-refractivity contribution in [3.05, 3.63) is 13.2 Å². The Morgan fingerprint density at radius 3 is 0.750 bits per heavy atom. The van der Waals surface area contributed by atoms with E-state index in [9.17, 15) is 0 Å². The molecule has 3 nitrogen and oxygen atoms in total. The van der Waals surface area contributed by atoms with E-state index in [0.717, 1.165) is 0 Å². The van der Waals surface area contributed by atoms with Crippen LogP contribution in [-0.2, 0) is 19.5 Å². The standard InChI is InChI=1S/3C2H5O.C2H4.Ru/c3*1-2-3;1-2;/h3*2H2,1H3;1-2H2;/q3*-1;;+3. The minimum atomic E-state index is 0. The van der Waals surface area contributed by atoms with Gasteiger partial charge in [0.05, 0.1) is 0 Å². The van der Waals surface area contributed by atoms with E-state index in [4.69, 9.17) is 15.3 Å². The van der Waals surface area contributed by atoms with Crippen molar-refractivity contribution in [1.29, 1.82) is 0 Å². The van der Waals surface area contributed by atoms with Gasteiger partial charge in [0.15, 0.2) is 0 Å². The molecule has 0 spiro atoms. The number of hydrogen-bond donors (Lipinski definition) is 0. The number of hydrogen-bond acceptors (Lipinski definition) is 3. The van der Waals surface area contributed by atoms with Gasteiger partial charge in [-0.2, -0.15) is 0 Å². The summed E-state index contributed by atoms with van der Waals surface area (Å²) in [5.74, 6) is 0. The van der Waals surface area contributed by atoms with Gasteiger partial charge < -0.3 is 15.3 Å². The summed E-state index contributed by atoms with van der Waals surface area (Å²) in [5, 5.41) is 26.8. The van der Waals surface area contributed by atoms with Crippen LogP contribution >= 0.6 is 0 Å². The van der Waals surface area contributed by atoms with Gasteiger partial charge >= 0.3 is 19.5 Å². The second kappa shape index (κ2) is 112. The first kappa shape index (κ1) is 29.5. The molecule has 0 fully saturated rings. The van der Waals surface area contributed by atoms with Crippen LogP contribution in [0.2, 0.25) is 0 Å². The first-order chi connectivity index (χ1) is 5.24. The van der Waals surface area contributed by atoms with Gasteiger partial charge in [0, 0.05) is 0 Å². The second-order valence-corrected chi connectivity index (χ2v) is 0.866. The smallest absolute Gasteiger partial charge is 0.855 e. The summed E-state index contributed by atoms with van der Waals surface area (Å²) >= 11 is 0. The Morgan fingerprint density at radius 1 is 0.750 bits per heavy atom. The molecule has 0 rings (SSSR count). The maximum absolute atomic E-state index is 8.93. The SMILES string of the molecule is C=C.CC[O-].CC[O-].CC[O-].[Ru+3]. The van der Waals surface area contributed by atoms with Crippen molar-refractivity contribution in [2.45, 2.75) is 20.8 Å². The average molecular weight is 264 g/mol. The molecule has 0 aliphatic heterocycles. The molecule has 0 aliphatic carbocycles. The molecule has 77 valence electrons. The normalized spacial score (nSPS) is 4.83. The summed E-state index contributed by atoms with van der Waals surface area (Å²) in [6.07, 6.45) is 0. The van der Waals surface area contributed by atoms with Gasteiger partial charge in [-0.05, 0) is 0 Å². The molecule has 0 aromatic rings. The predicted octanol–water partition coefficient (Wildman–Crippen LogP) is -1.10. The summed E-state index contributed by atoms with van der Waals surface area (Å²) < 4.78 is 0. The van der Waals surface area contributed by atoms with Crippen molar-refractivity contribution >= 4 is 0 Å². The van der Waals surface area contributed by atoms with Crippen LogP contribution < -0.4 is 15.3 Å². The fourth-order valence-corrected chi connectivity index (χ4v) is 0. The van der Waals surface area contributed by atoms with Gasteiger partial charge in [0.25, 0.3) is 0 Å². The topological polar surface area (TPSA) is 69.2 Å². The van der Waals surface area contributed by atoms with Gasteiger partial charge in [0.2, 0.25) is 0 Å². The molecule has 0 aromatic carbocycles. The largest absolute Gasteiger partial charge is 3.00 e. The van der Waals surface area contributed by atoms with Crippen molar-refractivity contribution in [1.82, 2.24) is 0 Å². The molecule has 0 saturated heterocycles. The second-order valence-electron chi connectivity index (χ2n) is 0.866. The molecule has 0 bridgehead atoms. The average Bonchev–Trinajstić information content (AvgIpc) is 1.96. The van der Waals surface area contributed by atoms with Crippen molar-refractivity contribution in [2.75, 3.05) is 19.8 Å². The third-order valence-corrected chi connectivity index (χ3v) is 0. The molecule has 0 aromatic heterocycles. The van der Waals surface area contributed by atoms with Crippen LogP contribution in [0.3, 0.4) is 0 Å². The van der Waals surface area contributed by atoms with Gasteiger partial charge in [-0.25, -0.2) is 0 Å². The molecule has 0 heterocycles. The minimum absolute atomic E-state index is 0. The van der Waals surface area contributed by atoms with E-state index in [1.807, 2.05) is 0 Å². The van der Waals surface area contributed by atoms with Crippen molar-refractivity contribution in [3.63, 3.8) is 0 Å². The van der Waals surface area contributed by atoms with Crippen molar-refractivity contribution in [2.24, 2.45) is 0 Å². The Kier molecular flexibility index (Phi) is 276. The molecule has 4 heteroatoms. The first-order valence-corrected chi connectivity index (χ1v) is 3.49. The fraction of sp³-hybridized carbons (Fsp3) is 0.750. The first-order valence-electron chi connectivity index (χ1n) is 3.49. The molecule has 0 unspecified atom stereocenters. The summed E-state index contributed by atoms with van der Waals surface area (Å²) in [5.41, 5.74) is 0. The van der Waals surface area contributed by atoms with E-state index >= 15 is 0 Å². The third kappa shape index (κ3) is 14800. The van der Waals surface area contributed by atoms with Gasteiger partial charge in [-0.15, -0.1) is 33.0 Å². The number of rotatable bonds is 0. The Balaban J connectivity index is -0.0000000179. The zero-order valence-electron chi connectivity index (χ0n) is 8.11. The summed E-state index contributed by atoms with van der Waals surface area (Å²) in [6, 6.07) is 0. The van der Waals surface area contributed by atoms with Gasteiger partial charge in [-0.1, -0.05) is 20.8 Å².